The van der Waals surface area contributed by atoms with E-state index in [4.69, 9.17) is 9.47 Å². The van der Waals surface area contributed by atoms with E-state index in [0.29, 0.717) is 41.7 Å². The Morgan fingerprint density at radius 2 is 1.65 bits per heavy atom. The zero-order valence-electron chi connectivity index (χ0n) is 14.5. The SMILES string of the molecule is CC(C)c1cc(-c2n[nH]nc2-c2ccc3c(c2)OCCO3)c(O)cc1O. The van der Waals surface area contributed by atoms with Crippen LogP contribution in [0, 0.1) is 0 Å². The molecule has 0 radical (unpaired) electrons. The molecule has 1 aliphatic heterocycles. The minimum absolute atomic E-state index is 0.0559. The van der Waals surface area contributed by atoms with Crippen LogP contribution >= 0.6 is 0 Å². The molecule has 0 saturated heterocycles. The van der Waals surface area contributed by atoms with E-state index >= 15 is 0 Å². The maximum atomic E-state index is 10.3. The van der Waals surface area contributed by atoms with Crippen LogP contribution in [0.25, 0.3) is 22.5 Å². The second kappa shape index (κ2) is 6.25. The summed E-state index contributed by atoms with van der Waals surface area (Å²) < 4.78 is 11.2. The van der Waals surface area contributed by atoms with Crippen LogP contribution in [0.1, 0.15) is 25.3 Å². The van der Waals surface area contributed by atoms with Gasteiger partial charge in [-0.25, -0.2) is 0 Å². The lowest BCUT2D eigenvalue weighted by Crippen LogP contribution is -2.15. The van der Waals surface area contributed by atoms with E-state index in [0.717, 1.165) is 11.1 Å². The lowest BCUT2D eigenvalue weighted by molar-refractivity contribution is 0.171. The van der Waals surface area contributed by atoms with Gasteiger partial charge in [0, 0.05) is 17.2 Å². The van der Waals surface area contributed by atoms with Crippen molar-refractivity contribution in [1.82, 2.24) is 15.4 Å². The van der Waals surface area contributed by atoms with Crippen LogP contribution in [-0.2, 0) is 0 Å². The second-order valence-electron chi connectivity index (χ2n) is 6.46. The topological polar surface area (TPSA) is 100 Å². The molecule has 1 aliphatic rings. The number of phenolic OH excluding ortho intramolecular Hbond substituents is 2. The number of nitrogens with one attached hydrogen (secondary N) is 1. The first-order valence-corrected chi connectivity index (χ1v) is 8.41. The normalized spacial score (nSPS) is 13.2. The maximum absolute atomic E-state index is 10.3. The Labute approximate surface area is 150 Å². The number of aromatic nitrogens is 3. The molecule has 0 aliphatic carbocycles. The molecule has 4 rings (SSSR count). The number of benzene rings is 2. The molecule has 1 aromatic heterocycles. The number of nitrogens with zero attached hydrogens (tertiary/aromatic N) is 2. The zero-order valence-corrected chi connectivity index (χ0v) is 14.5. The van der Waals surface area contributed by atoms with Gasteiger partial charge in [0.1, 0.15) is 36.1 Å². The molecule has 7 heteroatoms. The Morgan fingerprint density at radius 1 is 0.923 bits per heavy atom. The number of aromatic amines is 1. The molecular formula is C19H19N3O4. The smallest absolute Gasteiger partial charge is 0.162 e. The highest BCUT2D eigenvalue weighted by Crippen LogP contribution is 2.41. The van der Waals surface area contributed by atoms with Crippen molar-refractivity contribution in [1.29, 1.82) is 0 Å². The Kier molecular flexibility index (Phi) is 3.91. The molecular weight excluding hydrogens is 334 g/mol. The highest BCUT2D eigenvalue weighted by Gasteiger charge is 2.21. The van der Waals surface area contributed by atoms with Gasteiger partial charge < -0.3 is 19.7 Å². The molecule has 2 aromatic carbocycles. The van der Waals surface area contributed by atoms with E-state index in [9.17, 15) is 10.2 Å². The third-order valence-corrected chi connectivity index (χ3v) is 4.39. The Morgan fingerprint density at radius 3 is 2.42 bits per heavy atom. The number of hydrogen-bond donors (Lipinski definition) is 3. The molecule has 7 nitrogen and oxygen atoms in total. The van der Waals surface area contributed by atoms with Gasteiger partial charge in [-0.15, -0.1) is 0 Å². The summed E-state index contributed by atoms with van der Waals surface area (Å²) in [4.78, 5) is 0. The predicted molar refractivity (Wildman–Crippen MR) is 95.7 cm³/mol. The van der Waals surface area contributed by atoms with Gasteiger partial charge in [0.25, 0.3) is 0 Å². The van der Waals surface area contributed by atoms with E-state index in [1.54, 1.807) is 6.07 Å². The van der Waals surface area contributed by atoms with Gasteiger partial charge in [0.05, 0.1) is 0 Å². The molecule has 0 atom stereocenters. The summed E-state index contributed by atoms with van der Waals surface area (Å²) in [5, 5.41) is 31.5. The first kappa shape index (κ1) is 16.3. The molecule has 26 heavy (non-hydrogen) atoms. The van der Waals surface area contributed by atoms with Crippen LogP contribution in [0.2, 0.25) is 0 Å². The Balaban J connectivity index is 1.82. The fraction of sp³-hybridized carbons (Fsp3) is 0.263. The van der Waals surface area contributed by atoms with E-state index in [2.05, 4.69) is 15.4 Å². The van der Waals surface area contributed by atoms with E-state index < -0.39 is 0 Å². The lowest BCUT2D eigenvalue weighted by atomic mass is 9.96. The standard InChI is InChI=1S/C19H19N3O4/c1-10(2)12-8-13(15(24)9-14(12)23)19-18(20-22-21-19)11-3-4-16-17(7-11)26-6-5-25-16/h3-4,7-10,23-24H,5-6H2,1-2H3,(H,20,21,22). The average molecular weight is 353 g/mol. The molecule has 2 heterocycles. The predicted octanol–water partition coefficient (Wildman–Crippen LogP) is 3.44. The number of rotatable bonds is 3. The number of H-pyrrole nitrogens is 1. The molecule has 0 unspecified atom stereocenters. The number of phenols is 2. The van der Waals surface area contributed by atoms with Crippen molar-refractivity contribution in [3.8, 4) is 45.5 Å². The molecule has 0 saturated carbocycles. The number of ether oxygens (including phenoxy) is 2. The van der Waals surface area contributed by atoms with Crippen LogP contribution in [0.4, 0.5) is 0 Å². The molecule has 134 valence electrons. The van der Waals surface area contributed by atoms with Crippen molar-refractivity contribution < 1.29 is 19.7 Å². The maximum Gasteiger partial charge on any atom is 0.162 e. The largest absolute Gasteiger partial charge is 0.508 e. The van der Waals surface area contributed by atoms with E-state index in [1.807, 2.05) is 32.0 Å². The quantitative estimate of drug-likeness (QED) is 0.667. The molecule has 3 N–H and O–H groups in total. The fourth-order valence-electron chi connectivity index (χ4n) is 3.06. The highest BCUT2D eigenvalue weighted by atomic mass is 16.6. The summed E-state index contributed by atoms with van der Waals surface area (Å²) in [5.41, 5.74) is 3.11. The molecule has 0 amide bonds. The summed E-state index contributed by atoms with van der Waals surface area (Å²) in [6.45, 7) is 4.97. The number of aromatic hydroxyl groups is 2. The number of fused-ring (bicyclic) bond motifs is 1. The first-order chi connectivity index (χ1) is 12.5. The van der Waals surface area contributed by atoms with Crippen molar-refractivity contribution >= 4 is 0 Å². The van der Waals surface area contributed by atoms with Gasteiger partial charge in [0.2, 0.25) is 0 Å². The summed E-state index contributed by atoms with van der Waals surface area (Å²) in [5.74, 6) is 1.45. The van der Waals surface area contributed by atoms with Crippen molar-refractivity contribution in [2.24, 2.45) is 0 Å². The van der Waals surface area contributed by atoms with Gasteiger partial charge >= 0.3 is 0 Å². The second-order valence-corrected chi connectivity index (χ2v) is 6.46. The van der Waals surface area contributed by atoms with Crippen molar-refractivity contribution in [2.45, 2.75) is 19.8 Å². The minimum Gasteiger partial charge on any atom is -0.508 e. The highest BCUT2D eigenvalue weighted by molar-refractivity contribution is 5.82. The van der Waals surface area contributed by atoms with Gasteiger partial charge in [0.15, 0.2) is 11.5 Å². The van der Waals surface area contributed by atoms with Crippen LogP contribution < -0.4 is 9.47 Å². The zero-order chi connectivity index (χ0) is 18.3. The summed E-state index contributed by atoms with van der Waals surface area (Å²) in [6.07, 6.45) is 0. The third-order valence-electron chi connectivity index (χ3n) is 4.39. The van der Waals surface area contributed by atoms with E-state index in [1.165, 1.54) is 6.07 Å². The fourth-order valence-corrected chi connectivity index (χ4v) is 3.06. The summed E-state index contributed by atoms with van der Waals surface area (Å²) >= 11 is 0. The van der Waals surface area contributed by atoms with Crippen LogP contribution in [0.5, 0.6) is 23.0 Å². The van der Waals surface area contributed by atoms with Crippen LogP contribution in [-0.4, -0.2) is 38.8 Å². The Bertz CT molecular complexity index is 965. The summed E-state index contributed by atoms with van der Waals surface area (Å²) in [6, 6.07) is 8.63. The molecule has 0 spiro atoms. The lowest BCUT2D eigenvalue weighted by Gasteiger charge is -2.18. The third kappa shape index (κ3) is 2.71. The Hall–Kier alpha value is -3.22. The first-order valence-electron chi connectivity index (χ1n) is 8.41. The average Bonchev–Trinajstić information content (AvgIpc) is 3.10. The van der Waals surface area contributed by atoms with Crippen LogP contribution in [0.3, 0.4) is 0 Å². The van der Waals surface area contributed by atoms with Gasteiger partial charge in [-0.05, 0) is 35.7 Å². The van der Waals surface area contributed by atoms with Crippen molar-refractivity contribution in [2.75, 3.05) is 13.2 Å². The van der Waals surface area contributed by atoms with Gasteiger partial charge in [-0.2, -0.15) is 15.4 Å². The van der Waals surface area contributed by atoms with Gasteiger partial charge in [-0.3, -0.25) is 0 Å². The molecule has 0 bridgehead atoms. The van der Waals surface area contributed by atoms with Gasteiger partial charge in [-0.1, -0.05) is 13.8 Å². The monoisotopic (exact) mass is 353 g/mol. The minimum atomic E-state index is -0.0559. The van der Waals surface area contributed by atoms with E-state index in [-0.39, 0.29) is 17.4 Å². The van der Waals surface area contributed by atoms with Crippen LogP contribution in [0.15, 0.2) is 30.3 Å². The van der Waals surface area contributed by atoms with Crippen molar-refractivity contribution in [3.05, 3.63) is 35.9 Å². The summed E-state index contributed by atoms with van der Waals surface area (Å²) in [7, 11) is 0. The van der Waals surface area contributed by atoms with Crippen molar-refractivity contribution in [3.63, 3.8) is 0 Å². The molecule has 0 fully saturated rings. The number of hydrogen-bond acceptors (Lipinski definition) is 6. The molecule has 3 aromatic rings.